The van der Waals surface area contributed by atoms with Crippen LogP contribution in [0.15, 0.2) is 0 Å². The molecule has 0 spiro atoms. The maximum Gasteiger partial charge on any atom is 0.306 e. The largest absolute Gasteiger partial charge is 0.481 e. The standard InChI is InChI=1S/C24H38O3/c1-23(2)13-14-24(3,4)20-15-18(10-11-19(20)23)21(25)12-7-16-5-8-17(9-6-16)22(26)27/h16-21,25H,5-6,8-11,13-15H2,1-4H3,(H,26,27). The molecule has 0 aromatic rings. The lowest BCUT2D eigenvalue weighted by Gasteiger charge is -2.56. The molecule has 0 aromatic heterocycles. The predicted octanol–water partition coefficient (Wildman–Crippen LogP) is 5.12. The van der Waals surface area contributed by atoms with Crippen LogP contribution in [0.3, 0.4) is 0 Å². The molecule has 3 aliphatic rings. The molecule has 3 heteroatoms. The Morgan fingerprint density at radius 3 is 2.11 bits per heavy atom. The topological polar surface area (TPSA) is 57.5 Å². The van der Waals surface area contributed by atoms with Crippen LogP contribution in [0.25, 0.3) is 0 Å². The molecule has 3 rings (SSSR count). The van der Waals surface area contributed by atoms with Crippen LogP contribution >= 0.6 is 0 Å². The van der Waals surface area contributed by atoms with Gasteiger partial charge in [-0.25, -0.2) is 0 Å². The van der Waals surface area contributed by atoms with E-state index in [0.29, 0.717) is 22.7 Å². The van der Waals surface area contributed by atoms with E-state index < -0.39 is 12.1 Å². The van der Waals surface area contributed by atoms with Crippen LogP contribution < -0.4 is 0 Å². The Balaban J connectivity index is 1.59. The first kappa shape index (κ1) is 20.7. The Hall–Kier alpha value is -1.01. The number of fused-ring (bicyclic) bond motifs is 1. The molecule has 3 nitrogen and oxygen atoms in total. The molecular weight excluding hydrogens is 336 g/mol. The highest BCUT2D eigenvalue weighted by Gasteiger charge is 2.50. The molecule has 0 amide bonds. The Morgan fingerprint density at radius 2 is 1.52 bits per heavy atom. The Labute approximate surface area is 165 Å². The number of aliphatic carboxylic acids is 1. The van der Waals surface area contributed by atoms with E-state index in [0.717, 1.165) is 44.4 Å². The maximum atomic E-state index is 11.1. The summed E-state index contributed by atoms with van der Waals surface area (Å²) in [6, 6.07) is 0. The number of hydrogen-bond acceptors (Lipinski definition) is 2. The summed E-state index contributed by atoms with van der Waals surface area (Å²) in [4.78, 5) is 11.1. The third-order valence-corrected chi connectivity index (χ3v) is 8.27. The highest BCUT2D eigenvalue weighted by Crippen LogP contribution is 2.58. The second kappa shape index (κ2) is 7.78. The van der Waals surface area contributed by atoms with E-state index >= 15 is 0 Å². The van der Waals surface area contributed by atoms with Gasteiger partial charge in [0.1, 0.15) is 6.10 Å². The monoisotopic (exact) mass is 374 g/mol. The third-order valence-electron chi connectivity index (χ3n) is 8.27. The van der Waals surface area contributed by atoms with Crippen molar-refractivity contribution in [2.75, 3.05) is 0 Å². The number of rotatable bonds is 2. The van der Waals surface area contributed by atoms with Gasteiger partial charge in [0, 0.05) is 5.92 Å². The van der Waals surface area contributed by atoms with Crippen LogP contribution in [0.5, 0.6) is 0 Å². The predicted molar refractivity (Wildman–Crippen MR) is 108 cm³/mol. The fraction of sp³-hybridized carbons (Fsp3) is 0.875. The van der Waals surface area contributed by atoms with Gasteiger partial charge < -0.3 is 10.2 Å². The smallest absolute Gasteiger partial charge is 0.306 e. The van der Waals surface area contributed by atoms with Gasteiger partial charge in [0.05, 0.1) is 5.92 Å². The molecule has 3 fully saturated rings. The SMILES string of the molecule is CC1(C)CCC(C)(C)C2CC(C(O)C#CC3CCC(C(=O)O)CC3)CCC21. The van der Waals surface area contributed by atoms with Gasteiger partial charge in [-0.15, -0.1) is 0 Å². The van der Waals surface area contributed by atoms with E-state index in [9.17, 15) is 9.90 Å². The Bertz CT molecular complexity index is 601. The molecule has 0 saturated heterocycles. The van der Waals surface area contributed by atoms with Gasteiger partial charge in [0.25, 0.3) is 0 Å². The number of aliphatic hydroxyl groups is 1. The van der Waals surface area contributed by atoms with E-state index in [2.05, 4.69) is 39.5 Å². The van der Waals surface area contributed by atoms with Crippen molar-refractivity contribution in [1.82, 2.24) is 0 Å². The lowest BCUT2D eigenvalue weighted by molar-refractivity contribution is -0.142. The fourth-order valence-electron chi connectivity index (χ4n) is 6.11. The van der Waals surface area contributed by atoms with Gasteiger partial charge in [-0.3, -0.25) is 4.79 Å². The number of carboxylic acid groups (broad SMARTS) is 1. The van der Waals surface area contributed by atoms with Crippen molar-refractivity contribution in [3.63, 3.8) is 0 Å². The van der Waals surface area contributed by atoms with Crippen molar-refractivity contribution in [3.05, 3.63) is 0 Å². The summed E-state index contributed by atoms with van der Waals surface area (Å²) in [5.41, 5.74) is 0.784. The average Bonchev–Trinajstić information content (AvgIpc) is 2.63. The Kier molecular flexibility index (Phi) is 5.97. The quantitative estimate of drug-likeness (QED) is 0.660. The molecule has 3 aliphatic carbocycles. The van der Waals surface area contributed by atoms with Crippen LogP contribution in [0.2, 0.25) is 0 Å². The van der Waals surface area contributed by atoms with Crippen LogP contribution in [-0.2, 0) is 4.79 Å². The van der Waals surface area contributed by atoms with Crippen molar-refractivity contribution in [3.8, 4) is 11.8 Å². The summed E-state index contributed by atoms with van der Waals surface area (Å²) in [7, 11) is 0. The molecule has 2 N–H and O–H groups in total. The van der Waals surface area contributed by atoms with Crippen LogP contribution in [0, 0.1) is 52.3 Å². The van der Waals surface area contributed by atoms with E-state index in [4.69, 9.17) is 5.11 Å². The van der Waals surface area contributed by atoms with Crippen molar-refractivity contribution < 1.29 is 15.0 Å². The minimum atomic E-state index is -0.670. The molecule has 0 bridgehead atoms. The lowest BCUT2D eigenvalue weighted by atomic mass is 9.49. The van der Waals surface area contributed by atoms with Crippen molar-refractivity contribution in [1.29, 1.82) is 0 Å². The van der Waals surface area contributed by atoms with E-state index in [-0.39, 0.29) is 11.8 Å². The first-order valence-corrected chi connectivity index (χ1v) is 11.0. The van der Waals surface area contributed by atoms with Crippen LogP contribution in [0.4, 0.5) is 0 Å². The molecule has 27 heavy (non-hydrogen) atoms. The maximum absolute atomic E-state index is 11.1. The summed E-state index contributed by atoms with van der Waals surface area (Å²) >= 11 is 0. The summed E-state index contributed by atoms with van der Waals surface area (Å²) in [5, 5.41) is 19.9. The van der Waals surface area contributed by atoms with Gasteiger partial charge >= 0.3 is 5.97 Å². The normalized spacial score (nSPS) is 38.8. The molecule has 0 radical (unpaired) electrons. The first-order valence-electron chi connectivity index (χ1n) is 11.0. The molecular formula is C24H38O3. The van der Waals surface area contributed by atoms with E-state index in [1.807, 2.05) is 0 Å². The first-order chi connectivity index (χ1) is 12.6. The van der Waals surface area contributed by atoms with E-state index in [1.54, 1.807) is 0 Å². The zero-order valence-corrected chi connectivity index (χ0v) is 17.6. The second-order valence-corrected chi connectivity index (χ2v) is 10.9. The fourth-order valence-corrected chi connectivity index (χ4v) is 6.11. The summed E-state index contributed by atoms with van der Waals surface area (Å²) < 4.78 is 0. The molecule has 152 valence electrons. The summed E-state index contributed by atoms with van der Waals surface area (Å²) in [5.74, 6) is 7.60. The van der Waals surface area contributed by atoms with E-state index in [1.165, 1.54) is 19.3 Å². The lowest BCUT2D eigenvalue weighted by Crippen LogP contribution is -2.48. The van der Waals surface area contributed by atoms with Gasteiger partial charge in [0.2, 0.25) is 0 Å². The zero-order chi connectivity index (χ0) is 19.8. The Morgan fingerprint density at radius 1 is 0.926 bits per heavy atom. The average molecular weight is 375 g/mol. The highest BCUT2D eigenvalue weighted by molar-refractivity contribution is 5.70. The highest BCUT2D eigenvalue weighted by atomic mass is 16.4. The zero-order valence-electron chi connectivity index (χ0n) is 17.6. The number of aliphatic hydroxyl groups excluding tert-OH is 1. The van der Waals surface area contributed by atoms with Gasteiger partial charge in [-0.2, -0.15) is 0 Å². The van der Waals surface area contributed by atoms with Crippen molar-refractivity contribution in [2.24, 2.45) is 40.4 Å². The van der Waals surface area contributed by atoms with Crippen LogP contribution in [-0.4, -0.2) is 22.3 Å². The van der Waals surface area contributed by atoms with Crippen LogP contribution in [0.1, 0.15) is 85.5 Å². The minimum absolute atomic E-state index is 0.194. The summed E-state index contributed by atoms with van der Waals surface area (Å²) in [6.45, 7) is 9.70. The molecule has 4 unspecified atom stereocenters. The number of hydrogen-bond donors (Lipinski definition) is 2. The third kappa shape index (κ3) is 4.53. The molecule has 4 atom stereocenters. The van der Waals surface area contributed by atoms with Crippen molar-refractivity contribution in [2.45, 2.75) is 91.6 Å². The molecule has 0 heterocycles. The molecule has 0 aromatic carbocycles. The minimum Gasteiger partial charge on any atom is -0.481 e. The van der Waals surface area contributed by atoms with Gasteiger partial charge in [-0.1, -0.05) is 39.5 Å². The molecule has 0 aliphatic heterocycles. The van der Waals surface area contributed by atoms with Gasteiger partial charge in [-0.05, 0) is 86.4 Å². The van der Waals surface area contributed by atoms with Gasteiger partial charge in [0.15, 0.2) is 0 Å². The molecule has 3 saturated carbocycles. The van der Waals surface area contributed by atoms with Crippen molar-refractivity contribution >= 4 is 5.97 Å². The summed E-state index contributed by atoms with van der Waals surface area (Å²) in [6.07, 6.45) is 8.63. The number of carbonyl (C=O) groups is 1. The number of carboxylic acids is 1. The second-order valence-electron chi connectivity index (χ2n) is 10.9.